The zero-order chi connectivity index (χ0) is 26.4. The van der Waals surface area contributed by atoms with E-state index in [1.165, 1.54) is 24.3 Å². The molecular formula is C31H35F4NO. The van der Waals surface area contributed by atoms with Gasteiger partial charge in [0, 0.05) is 5.56 Å². The third-order valence-electron chi connectivity index (χ3n) is 8.28. The molecule has 0 unspecified atom stereocenters. The van der Waals surface area contributed by atoms with Gasteiger partial charge in [-0.2, -0.15) is 5.26 Å². The molecule has 2 aliphatic carbocycles. The fourth-order valence-electron chi connectivity index (χ4n) is 6.05. The summed E-state index contributed by atoms with van der Waals surface area (Å²) in [7, 11) is 0. The number of hydrogen-bond acceptors (Lipinski definition) is 2. The van der Waals surface area contributed by atoms with Gasteiger partial charge in [-0.1, -0.05) is 6.08 Å². The Kier molecular flexibility index (Phi) is 9.43. The molecule has 2 nitrogen and oxygen atoms in total. The molecule has 0 radical (unpaired) electrons. The lowest BCUT2D eigenvalue weighted by molar-refractivity contribution is 0.0274. The van der Waals surface area contributed by atoms with Crippen molar-refractivity contribution in [2.45, 2.75) is 88.6 Å². The van der Waals surface area contributed by atoms with Crippen molar-refractivity contribution in [2.24, 2.45) is 5.92 Å². The standard InChI is InChI=1S/C31H35F4NO/c1-2-3-14-37-25-11-9-22(10-12-25)23-15-28(32)26(29(33)16-23)13-6-20-4-7-21(8-5-20)24-17-30(34)27(19-36)31(35)18-24/h2,15-18,20-22,25H,1,3-14H2. The molecule has 4 rings (SSSR count). The summed E-state index contributed by atoms with van der Waals surface area (Å²) in [6.45, 7) is 4.37. The van der Waals surface area contributed by atoms with E-state index < -0.39 is 28.8 Å². The van der Waals surface area contributed by atoms with Crippen LogP contribution in [0.3, 0.4) is 0 Å². The van der Waals surface area contributed by atoms with Crippen molar-refractivity contribution in [3.63, 3.8) is 0 Å². The van der Waals surface area contributed by atoms with E-state index in [9.17, 15) is 17.6 Å². The van der Waals surface area contributed by atoms with E-state index >= 15 is 0 Å². The van der Waals surface area contributed by atoms with Crippen molar-refractivity contribution in [2.75, 3.05) is 6.61 Å². The number of rotatable bonds is 9. The SMILES string of the molecule is C=CCCOC1CCC(c2cc(F)c(CCC3CCC(c4cc(F)c(C#N)c(F)c4)CC3)c(F)c2)CC1. The van der Waals surface area contributed by atoms with Crippen LogP contribution in [0.5, 0.6) is 0 Å². The number of nitrogens with zero attached hydrogens (tertiary/aromatic N) is 1. The molecule has 2 aromatic carbocycles. The second kappa shape index (κ2) is 12.7. The van der Waals surface area contributed by atoms with Crippen LogP contribution in [-0.4, -0.2) is 12.7 Å². The van der Waals surface area contributed by atoms with Crippen molar-refractivity contribution < 1.29 is 22.3 Å². The maximum absolute atomic E-state index is 15.0. The molecule has 0 amide bonds. The van der Waals surface area contributed by atoms with Crippen LogP contribution in [0, 0.1) is 40.5 Å². The predicted octanol–water partition coefficient (Wildman–Crippen LogP) is 8.64. The Bertz CT molecular complexity index is 1080. The molecule has 0 atom stereocenters. The summed E-state index contributed by atoms with van der Waals surface area (Å²) in [4.78, 5) is 0. The van der Waals surface area contributed by atoms with Crippen LogP contribution < -0.4 is 0 Å². The molecule has 198 valence electrons. The highest BCUT2D eigenvalue weighted by atomic mass is 19.1. The van der Waals surface area contributed by atoms with E-state index in [4.69, 9.17) is 10.00 Å². The lowest BCUT2D eigenvalue weighted by atomic mass is 9.76. The highest BCUT2D eigenvalue weighted by molar-refractivity contribution is 5.36. The van der Waals surface area contributed by atoms with E-state index in [0.717, 1.165) is 63.4 Å². The van der Waals surface area contributed by atoms with Gasteiger partial charge in [0.25, 0.3) is 0 Å². The highest BCUT2D eigenvalue weighted by Crippen LogP contribution is 2.39. The number of hydrogen-bond donors (Lipinski definition) is 0. The Balaban J connectivity index is 1.28. The van der Waals surface area contributed by atoms with Crippen molar-refractivity contribution >= 4 is 0 Å². The lowest BCUT2D eigenvalue weighted by Gasteiger charge is -2.30. The van der Waals surface area contributed by atoms with Gasteiger partial charge in [-0.3, -0.25) is 0 Å². The van der Waals surface area contributed by atoms with E-state index in [0.29, 0.717) is 30.9 Å². The minimum Gasteiger partial charge on any atom is -0.378 e. The Labute approximate surface area is 217 Å². The van der Waals surface area contributed by atoms with Gasteiger partial charge in [-0.05, 0) is 124 Å². The van der Waals surface area contributed by atoms with Gasteiger partial charge in [0.05, 0.1) is 12.7 Å². The van der Waals surface area contributed by atoms with Gasteiger partial charge in [0.2, 0.25) is 0 Å². The van der Waals surface area contributed by atoms with Crippen molar-refractivity contribution in [3.8, 4) is 6.07 Å². The quantitative estimate of drug-likeness (QED) is 0.191. The van der Waals surface area contributed by atoms with E-state index in [-0.39, 0.29) is 23.5 Å². The van der Waals surface area contributed by atoms with E-state index in [1.807, 2.05) is 6.08 Å². The summed E-state index contributed by atoms with van der Waals surface area (Å²) in [5.41, 5.74) is 0.931. The molecule has 6 heteroatoms. The molecule has 2 aliphatic rings. The topological polar surface area (TPSA) is 33.0 Å². The zero-order valence-corrected chi connectivity index (χ0v) is 21.3. The van der Waals surface area contributed by atoms with Crippen molar-refractivity contribution in [1.82, 2.24) is 0 Å². The minimum atomic E-state index is -0.820. The predicted molar refractivity (Wildman–Crippen MR) is 136 cm³/mol. The molecule has 37 heavy (non-hydrogen) atoms. The van der Waals surface area contributed by atoms with Crippen molar-refractivity contribution in [1.29, 1.82) is 5.26 Å². The van der Waals surface area contributed by atoms with Crippen LogP contribution in [0.4, 0.5) is 17.6 Å². The van der Waals surface area contributed by atoms with Crippen LogP contribution in [0.1, 0.15) is 98.3 Å². The maximum atomic E-state index is 15.0. The number of halogens is 4. The number of ether oxygens (including phenoxy) is 1. The number of nitriles is 1. The minimum absolute atomic E-state index is 0.0308. The molecule has 2 saturated carbocycles. The Morgan fingerprint density at radius 2 is 1.32 bits per heavy atom. The first-order valence-electron chi connectivity index (χ1n) is 13.5. The molecule has 0 aliphatic heterocycles. The Morgan fingerprint density at radius 1 is 0.811 bits per heavy atom. The first-order valence-corrected chi connectivity index (χ1v) is 13.5. The summed E-state index contributed by atoms with van der Waals surface area (Å²) in [6, 6.07) is 7.13. The fraction of sp³-hybridized carbons (Fsp3) is 0.516. The third kappa shape index (κ3) is 6.82. The lowest BCUT2D eigenvalue weighted by Crippen LogP contribution is -2.21. The summed E-state index contributed by atoms with van der Waals surface area (Å²) in [5.74, 6) is -2.06. The molecule has 0 N–H and O–H groups in total. The van der Waals surface area contributed by atoms with Gasteiger partial charge in [-0.15, -0.1) is 6.58 Å². The third-order valence-corrected chi connectivity index (χ3v) is 8.28. The Morgan fingerprint density at radius 3 is 1.84 bits per heavy atom. The van der Waals surface area contributed by atoms with Gasteiger partial charge in [0.1, 0.15) is 34.9 Å². The molecular weight excluding hydrogens is 478 g/mol. The normalized spacial score (nSPS) is 24.0. The van der Waals surface area contributed by atoms with Gasteiger partial charge >= 0.3 is 0 Å². The summed E-state index contributed by atoms with van der Waals surface area (Å²) < 4.78 is 63.8. The van der Waals surface area contributed by atoms with Gasteiger partial charge in [-0.25, -0.2) is 17.6 Å². The maximum Gasteiger partial charge on any atom is 0.144 e. The van der Waals surface area contributed by atoms with Crippen molar-refractivity contribution in [3.05, 3.63) is 82.4 Å². The molecule has 0 saturated heterocycles. The summed E-state index contributed by atoms with van der Waals surface area (Å²) >= 11 is 0. The molecule has 2 aromatic rings. The van der Waals surface area contributed by atoms with Crippen LogP contribution in [0.15, 0.2) is 36.9 Å². The highest BCUT2D eigenvalue weighted by Gasteiger charge is 2.27. The van der Waals surface area contributed by atoms with Crippen LogP contribution in [0.25, 0.3) is 0 Å². The van der Waals surface area contributed by atoms with Gasteiger partial charge < -0.3 is 4.74 Å². The largest absolute Gasteiger partial charge is 0.378 e. The number of benzene rings is 2. The monoisotopic (exact) mass is 513 g/mol. The smallest absolute Gasteiger partial charge is 0.144 e. The molecule has 0 spiro atoms. The first kappa shape index (κ1) is 27.4. The van der Waals surface area contributed by atoms with E-state index in [1.54, 1.807) is 6.07 Å². The summed E-state index contributed by atoms with van der Waals surface area (Å²) in [5, 5.41) is 8.86. The fourth-order valence-corrected chi connectivity index (χ4v) is 6.05. The molecule has 0 heterocycles. The zero-order valence-electron chi connectivity index (χ0n) is 21.3. The van der Waals surface area contributed by atoms with Crippen LogP contribution >= 0.6 is 0 Å². The second-order valence-corrected chi connectivity index (χ2v) is 10.6. The van der Waals surface area contributed by atoms with E-state index in [2.05, 4.69) is 6.58 Å². The average Bonchev–Trinajstić information content (AvgIpc) is 2.89. The van der Waals surface area contributed by atoms with Crippen LogP contribution in [0.2, 0.25) is 0 Å². The first-order chi connectivity index (χ1) is 17.9. The average molecular weight is 514 g/mol. The Hall–Kier alpha value is -2.65. The van der Waals surface area contributed by atoms with Gasteiger partial charge in [0.15, 0.2) is 0 Å². The molecule has 0 bridgehead atoms. The second-order valence-electron chi connectivity index (χ2n) is 10.6. The molecule has 0 aromatic heterocycles. The summed E-state index contributed by atoms with van der Waals surface area (Å²) in [6.07, 6.45) is 10.7. The molecule has 2 fully saturated rings. The van der Waals surface area contributed by atoms with Crippen LogP contribution in [-0.2, 0) is 11.2 Å².